The van der Waals surface area contributed by atoms with E-state index in [-0.39, 0.29) is 29.6 Å². The first-order valence-corrected chi connectivity index (χ1v) is 10.6. The van der Waals surface area contributed by atoms with Crippen LogP contribution in [0.4, 0.5) is 10.6 Å². The molecule has 1 aromatic rings. The summed E-state index contributed by atoms with van der Waals surface area (Å²) in [5.74, 6) is 1.09. The predicted octanol–water partition coefficient (Wildman–Crippen LogP) is -0.0176. The molecule has 2 fully saturated rings. The van der Waals surface area contributed by atoms with Gasteiger partial charge in [0.25, 0.3) is 0 Å². The second-order valence-corrected chi connectivity index (χ2v) is 9.48. The lowest BCUT2D eigenvalue weighted by Gasteiger charge is -2.44. The maximum Gasteiger partial charge on any atom is 0.317 e. The highest BCUT2D eigenvalue weighted by molar-refractivity contribution is 7.91. The zero-order valence-electron chi connectivity index (χ0n) is 14.3. The molecule has 0 radical (unpaired) electrons. The largest absolute Gasteiger partial charge is 0.351 e. The maximum absolute atomic E-state index is 12.3. The fourth-order valence-corrected chi connectivity index (χ4v) is 5.38. The number of aromatic nitrogens is 2. The number of hydrogen-bond donors (Lipinski definition) is 1. The van der Waals surface area contributed by atoms with Crippen LogP contribution in [-0.4, -0.2) is 73.3 Å². The number of nitrogens with one attached hydrogen (secondary N) is 1. The molecule has 0 aromatic carbocycles. The molecule has 1 atom stereocenters. The maximum atomic E-state index is 12.3. The topological polar surface area (TPSA) is 95.5 Å². The molecule has 2 saturated heterocycles. The standard InChI is InChI=1S/C16H23N5O3S/c1-20(16(22)17-12-5-6-25(23,24)10-12)13-8-21(9-13)15-7-11-3-2-4-14(11)18-19-15/h7,12-13H,2-6,8-10H2,1H3,(H,17,22). The third-order valence-corrected chi connectivity index (χ3v) is 7.19. The van der Waals surface area contributed by atoms with Crippen LogP contribution in [0.1, 0.15) is 24.1 Å². The number of sulfone groups is 1. The molecule has 1 N–H and O–H groups in total. The van der Waals surface area contributed by atoms with Crippen molar-refractivity contribution >= 4 is 21.7 Å². The summed E-state index contributed by atoms with van der Waals surface area (Å²) in [6, 6.07) is 1.76. The highest BCUT2D eigenvalue weighted by Gasteiger charge is 2.36. The molecule has 4 rings (SSSR count). The van der Waals surface area contributed by atoms with E-state index in [9.17, 15) is 13.2 Å². The zero-order valence-corrected chi connectivity index (χ0v) is 15.1. The van der Waals surface area contributed by atoms with Crippen molar-refractivity contribution in [2.75, 3.05) is 36.5 Å². The summed E-state index contributed by atoms with van der Waals surface area (Å²) in [4.78, 5) is 16.1. The molecular weight excluding hydrogens is 342 g/mol. The lowest BCUT2D eigenvalue weighted by molar-refractivity contribution is 0.175. The van der Waals surface area contributed by atoms with Crippen LogP contribution in [0.2, 0.25) is 0 Å². The van der Waals surface area contributed by atoms with Crippen LogP contribution in [0.25, 0.3) is 0 Å². The molecular formula is C16H23N5O3S. The number of fused-ring (bicyclic) bond motifs is 1. The predicted molar refractivity (Wildman–Crippen MR) is 93.4 cm³/mol. The number of nitrogens with zero attached hydrogens (tertiary/aromatic N) is 4. The van der Waals surface area contributed by atoms with Crippen molar-refractivity contribution in [3.8, 4) is 0 Å². The van der Waals surface area contributed by atoms with Crippen molar-refractivity contribution in [1.29, 1.82) is 0 Å². The van der Waals surface area contributed by atoms with Crippen molar-refractivity contribution in [3.05, 3.63) is 17.3 Å². The Hall–Kier alpha value is -1.90. The molecule has 0 spiro atoms. The SMILES string of the molecule is CN(C(=O)NC1CCS(=O)(=O)C1)C1CN(c2cc3c(nn2)CCC3)C1. The van der Waals surface area contributed by atoms with Crippen LogP contribution >= 0.6 is 0 Å². The number of likely N-dealkylation sites (N-methyl/N-ethyl adjacent to an activating group) is 1. The van der Waals surface area contributed by atoms with Crippen molar-refractivity contribution < 1.29 is 13.2 Å². The van der Waals surface area contributed by atoms with Gasteiger partial charge in [-0.15, -0.1) is 5.10 Å². The molecule has 25 heavy (non-hydrogen) atoms. The molecule has 136 valence electrons. The smallest absolute Gasteiger partial charge is 0.317 e. The second kappa shape index (κ2) is 6.12. The van der Waals surface area contributed by atoms with Gasteiger partial charge >= 0.3 is 6.03 Å². The van der Waals surface area contributed by atoms with Crippen LogP contribution in [0.15, 0.2) is 6.07 Å². The van der Waals surface area contributed by atoms with Crippen LogP contribution in [0.5, 0.6) is 0 Å². The third-order valence-electron chi connectivity index (χ3n) is 5.42. The first kappa shape index (κ1) is 16.6. The summed E-state index contributed by atoms with van der Waals surface area (Å²) in [6.07, 6.45) is 3.74. The number of carbonyl (C=O) groups excluding carboxylic acids is 1. The fraction of sp³-hybridized carbons (Fsp3) is 0.688. The molecule has 9 heteroatoms. The Balaban J connectivity index is 1.30. The van der Waals surface area contributed by atoms with Crippen LogP contribution in [0, 0.1) is 0 Å². The van der Waals surface area contributed by atoms with E-state index >= 15 is 0 Å². The number of rotatable bonds is 3. The normalized spacial score (nSPS) is 24.7. The quantitative estimate of drug-likeness (QED) is 0.809. The molecule has 1 unspecified atom stereocenters. The van der Waals surface area contributed by atoms with Crippen LogP contribution in [0.3, 0.4) is 0 Å². The van der Waals surface area contributed by atoms with Gasteiger partial charge in [0.1, 0.15) is 0 Å². The van der Waals surface area contributed by atoms with E-state index in [0.717, 1.165) is 43.9 Å². The third kappa shape index (κ3) is 3.29. The highest BCUT2D eigenvalue weighted by atomic mass is 32.2. The summed E-state index contributed by atoms with van der Waals surface area (Å²) in [5, 5.41) is 11.4. The van der Waals surface area contributed by atoms with Crippen LogP contribution in [-0.2, 0) is 22.7 Å². The average Bonchev–Trinajstić information content (AvgIpc) is 3.11. The van der Waals surface area contributed by atoms with E-state index in [0.29, 0.717) is 6.42 Å². The number of aryl methyl sites for hydroxylation is 2. The Morgan fingerprint density at radius 1 is 1.32 bits per heavy atom. The molecule has 8 nitrogen and oxygen atoms in total. The summed E-state index contributed by atoms with van der Waals surface area (Å²) in [6.45, 7) is 1.45. The van der Waals surface area contributed by atoms with E-state index in [1.54, 1.807) is 11.9 Å². The van der Waals surface area contributed by atoms with Crippen LogP contribution < -0.4 is 10.2 Å². The van der Waals surface area contributed by atoms with E-state index in [4.69, 9.17) is 0 Å². The second-order valence-electron chi connectivity index (χ2n) is 7.25. The fourth-order valence-electron chi connectivity index (χ4n) is 3.71. The first-order valence-electron chi connectivity index (χ1n) is 8.75. The molecule has 2 amide bonds. The van der Waals surface area contributed by atoms with Crippen molar-refractivity contribution in [3.63, 3.8) is 0 Å². The lowest BCUT2D eigenvalue weighted by atomic mass is 10.1. The van der Waals surface area contributed by atoms with Gasteiger partial charge in [0.15, 0.2) is 15.7 Å². The van der Waals surface area contributed by atoms with Gasteiger partial charge in [0.05, 0.1) is 23.2 Å². The lowest BCUT2D eigenvalue weighted by Crippen LogP contribution is -2.62. The molecule has 1 aliphatic carbocycles. The van der Waals surface area contributed by atoms with Gasteiger partial charge in [0.2, 0.25) is 0 Å². The van der Waals surface area contributed by atoms with Gasteiger partial charge in [-0.1, -0.05) is 0 Å². The van der Waals surface area contributed by atoms with Gasteiger partial charge in [-0.05, 0) is 37.3 Å². The summed E-state index contributed by atoms with van der Waals surface area (Å²) >= 11 is 0. The molecule has 3 aliphatic rings. The Labute approximate surface area is 147 Å². The molecule has 0 bridgehead atoms. The van der Waals surface area contributed by atoms with E-state index in [1.807, 2.05) is 0 Å². The van der Waals surface area contributed by atoms with Crippen molar-refractivity contribution in [1.82, 2.24) is 20.4 Å². The summed E-state index contributed by atoms with van der Waals surface area (Å²) in [7, 11) is -1.23. The van der Waals surface area contributed by atoms with E-state index in [2.05, 4.69) is 26.5 Å². The number of urea groups is 1. The summed E-state index contributed by atoms with van der Waals surface area (Å²) in [5.41, 5.74) is 2.41. The highest BCUT2D eigenvalue weighted by Crippen LogP contribution is 2.26. The van der Waals surface area contributed by atoms with Gasteiger partial charge in [-0.3, -0.25) is 0 Å². The zero-order chi connectivity index (χ0) is 17.6. The first-order chi connectivity index (χ1) is 11.9. The van der Waals surface area contributed by atoms with Gasteiger partial charge in [0, 0.05) is 26.2 Å². The molecule has 3 heterocycles. The van der Waals surface area contributed by atoms with Gasteiger partial charge in [-0.2, -0.15) is 5.10 Å². The number of hydrogen-bond acceptors (Lipinski definition) is 6. The Morgan fingerprint density at radius 3 is 2.84 bits per heavy atom. The Kier molecular flexibility index (Phi) is 4.05. The minimum atomic E-state index is -2.99. The van der Waals surface area contributed by atoms with Gasteiger partial charge < -0.3 is 15.1 Å². The molecule has 2 aliphatic heterocycles. The summed E-state index contributed by atoms with van der Waals surface area (Å²) < 4.78 is 23.0. The van der Waals surface area contributed by atoms with Crippen molar-refractivity contribution in [2.24, 2.45) is 0 Å². The monoisotopic (exact) mass is 365 g/mol. The van der Waals surface area contributed by atoms with E-state index in [1.165, 1.54) is 5.56 Å². The number of anilines is 1. The minimum absolute atomic E-state index is 0.0497. The number of amides is 2. The molecule has 0 saturated carbocycles. The average molecular weight is 365 g/mol. The Morgan fingerprint density at radius 2 is 2.12 bits per heavy atom. The molecule has 1 aromatic heterocycles. The minimum Gasteiger partial charge on any atom is -0.351 e. The van der Waals surface area contributed by atoms with Crippen molar-refractivity contribution in [2.45, 2.75) is 37.8 Å². The number of carbonyl (C=O) groups is 1. The Bertz CT molecular complexity index is 791. The van der Waals surface area contributed by atoms with E-state index < -0.39 is 9.84 Å². The van der Waals surface area contributed by atoms with Gasteiger partial charge in [-0.25, -0.2) is 13.2 Å².